The van der Waals surface area contributed by atoms with Crippen molar-refractivity contribution in [2.45, 2.75) is 26.4 Å². The van der Waals surface area contributed by atoms with Gasteiger partial charge in [0.1, 0.15) is 11.5 Å². The van der Waals surface area contributed by atoms with Crippen LogP contribution in [0.3, 0.4) is 0 Å². The van der Waals surface area contributed by atoms with Gasteiger partial charge in [0.25, 0.3) is 5.91 Å². The van der Waals surface area contributed by atoms with Crippen LogP contribution < -0.4 is 5.32 Å². The zero-order chi connectivity index (χ0) is 16.3. The maximum Gasteiger partial charge on any atom is 0.433 e. The molecule has 118 valence electrons. The zero-order valence-electron chi connectivity index (χ0n) is 11.7. The van der Waals surface area contributed by atoms with Crippen molar-refractivity contribution in [1.82, 2.24) is 24.0 Å². The van der Waals surface area contributed by atoms with Gasteiger partial charge in [-0.05, 0) is 19.9 Å². The smallest absolute Gasteiger partial charge is 0.350 e. The number of carbonyl (C=O) groups excluding carboxylic acids is 1. The highest BCUT2D eigenvalue weighted by Crippen LogP contribution is 2.27. The number of aromatic nitrogens is 4. The van der Waals surface area contributed by atoms with Crippen molar-refractivity contribution >= 4 is 17.6 Å². The molecular formula is C12H12F3N5OS. The second-order valence-electron chi connectivity index (χ2n) is 4.51. The molecule has 2 rings (SSSR count). The van der Waals surface area contributed by atoms with E-state index in [0.29, 0.717) is 5.69 Å². The molecule has 22 heavy (non-hydrogen) atoms. The molecule has 0 radical (unpaired) electrons. The Bertz CT molecular complexity index is 686. The maximum absolute atomic E-state index is 12.7. The molecule has 1 amide bonds. The third-order valence-corrected chi connectivity index (χ3v) is 3.31. The molecule has 10 heteroatoms. The second kappa shape index (κ2) is 6.34. The summed E-state index contributed by atoms with van der Waals surface area (Å²) >= 11 is 0.920. The van der Waals surface area contributed by atoms with Crippen molar-refractivity contribution in [3.63, 3.8) is 0 Å². The molecule has 0 spiro atoms. The zero-order valence-corrected chi connectivity index (χ0v) is 12.5. The number of nitrogens with zero attached hydrogens (tertiary/aromatic N) is 4. The Morgan fingerprint density at radius 1 is 1.27 bits per heavy atom. The van der Waals surface area contributed by atoms with Crippen molar-refractivity contribution in [2.24, 2.45) is 0 Å². The first-order chi connectivity index (χ1) is 10.3. The summed E-state index contributed by atoms with van der Waals surface area (Å²) in [6.45, 7) is 3.22. The molecule has 0 aliphatic carbocycles. The lowest BCUT2D eigenvalue weighted by molar-refractivity contribution is -0.141. The van der Waals surface area contributed by atoms with E-state index in [0.717, 1.165) is 17.8 Å². The first-order valence-corrected chi connectivity index (χ1v) is 6.99. The summed E-state index contributed by atoms with van der Waals surface area (Å²) in [5.41, 5.74) is -0.0381. The molecule has 0 aliphatic heterocycles. The Hall–Kier alpha value is -2.10. The van der Waals surface area contributed by atoms with Gasteiger partial charge in [0.15, 0.2) is 5.69 Å². The van der Waals surface area contributed by atoms with Crippen LogP contribution in [-0.4, -0.2) is 31.2 Å². The summed E-state index contributed by atoms with van der Waals surface area (Å²) in [5, 5.41) is 2.56. The van der Waals surface area contributed by atoms with Crippen LogP contribution in [0.2, 0.25) is 0 Å². The number of carbonyl (C=O) groups is 1. The number of rotatable bonds is 4. The van der Waals surface area contributed by atoms with E-state index in [2.05, 4.69) is 24.0 Å². The van der Waals surface area contributed by atoms with Crippen LogP contribution in [0.4, 0.5) is 13.2 Å². The van der Waals surface area contributed by atoms with Crippen molar-refractivity contribution in [1.29, 1.82) is 0 Å². The Labute approximate surface area is 128 Å². The minimum atomic E-state index is -4.52. The number of alkyl halides is 3. The van der Waals surface area contributed by atoms with Gasteiger partial charge in [0, 0.05) is 18.7 Å². The van der Waals surface area contributed by atoms with Gasteiger partial charge < -0.3 is 5.32 Å². The lowest BCUT2D eigenvalue weighted by Gasteiger charge is -2.09. The van der Waals surface area contributed by atoms with Gasteiger partial charge in [-0.2, -0.15) is 21.9 Å². The summed E-state index contributed by atoms with van der Waals surface area (Å²) < 4.78 is 45.7. The molecule has 1 N–H and O–H groups in total. The average molecular weight is 331 g/mol. The third kappa shape index (κ3) is 3.97. The second-order valence-corrected chi connectivity index (χ2v) is 5.04. The van der Waals surface area contributed by atoms with E-state index in [9.17, 15) is 18.0 Å². The fourth-order valence-electron chi connectivity index (χ4n) is 1.70. The highest BCUT2D eigenvalue weighted by atomic mass is 32.1. The molecule has 0 aromatic carbocycles. The van der Waals surface area contributed by atoms with E-state index in [1.54, 1.807) is 6.92 Å². The number of amides is 1. The van der Waals surface area contributed by atoms with Gasteiger partial charge in [-0.3, -0.25) is 4.79 Å². The topological polar surface area (TPSA) is 80.7 Å². The summed E-state index contributed by atoms with van der Waals surface area (Å²) in [6, 6.07) is 0.881. The van der Waals surface area contributed by atoms with Gasteiger partial charge in [0.2, 0.25) is 0 Å². The Morgan fingerprint density at radius 3 is 2.59 bits per heavy atom. The van der Waals surface area contributed by atoms with Crippen LogP contribution in [0.25, 0.3) is 0 Å². The molecule has 0 atom stereocenters. The van der Waals surface area contributed by atoms with Crippen molar-refractivity contribution in [2.75, 3.05) is 6.54 Å². The van der Waals surface area contributed by atoms with Gasteiger partial charge in [0.05, 0.1) is 17.4 Å². The lowest BCUT2D eigenvalue weighted by atomic mass is 10.3. The largest absolute Gasteiger partial charge is 0.433 e. The Morgan fingerprint density at radius 2 is 2.00 bits per heavy atom. The molecule has 0 saturated carbocycles. The lowest BCUT2D eigenvalue weighted by Crippen LogP contribution is -2.27. The third-order valence-electron chi connectivity index (χ3n) is 2.69. The van der Waals surface area contributed by atoms with Crippen LogP contribution in [-0.2, 0) is 12.6 Å². The van der Waals surface area contributed by atoms with Gasteiger partial charge >= 0.3 is 6.18 Å². The molecule has 0 aliphatic rings. The number of nitrogens with one attached hydrogen (secondary N) is 1. The molecule has 2 aromatic rings. The maximum atomic E-state index is 12.7. The molecule has 0 saturated heterocycles. The standard InChI is InChI=1S/C12H12F3N5OS/c1-6-5-8(12(13,14)15)18-9(17-6)3-4-16-11(21)10-7(2)19-22-20-10/h5H,3-4H2,1-2H3,(H,16,21). The van der Waals surface area contributed by atoms with E-state index >= 15 is 0 Å². The quantitative estimate of drug-likeness (QED) is 0.926. The SMILES string of the molecule is Cc1cc(C(F)(F)F)nc(CCNC(=O)c2nsnc2C)n1. The summed E-state index contributed by atoms with van der Waals surface area (Å²) in [7, 11) is 0. The van der Waals surface area contributed by atoms with E-state index in [1.807, 2.05) is 0 Å². The number of halogens is 3. The summed E-state index contributed by atoms with van der Waals surface area (Å²) in [5.74, 6) is -0.393. The van der Waals surface area contributed by atoms with Gasteiger partial charge in [-0.25, -0.2) is 9.97 Å². The first kappa shape index (κ1) is 16.3. The number of hydrogen-bond acceptors (Lipinski definition) is 6. The van der Waals surface area contributed by atoms with Crippen LogP contribution in [0.15, 0.2) is 6.07 Å². The summed E-state index contributed by atoms with van der Waals surface area (Å²) in [4.78, 5) is 19.2. The van der Waals surface area contributed by atoms with Crippen molar-refractivity contribution in [3.8, 4) is 0 Å². The molecule has 0 bridgehead atoms. The molecule has 0 unspecified atom stereocenters. The van der Waals surface area contributed by atoms with E-state index in [4.69, 9.17) is 0 Å². The number of hydrogen-bond donors (Lipinski definition) is 1. The van der Waals surface area contributed by atoms with Crippen LogP contribution in [0.1, 0.15) is 33.4 Å². The van der Waals surface area contributed by atoms with E-state index < -0.39 is 17.8 Å². The molecular weight excluding hydrogens is 319 g/mol. The molecule has 2 aromatic heterocycles. The highest BCUT2D eigenvalue weighted by molar-refractivity contribution is 6.99. The van der Waals surface area contributed by atoms with Crippen LogP contribution in [0.5, 0.6) is 0 Å². The number of aryl methyl sites for hydroxylation is 2. The monoisotopic (exact) mass is 331 g/mol. The molecule has 0 fully saturated rings. The molecule has 2 heterocycles. The van der Waals surface area contributed by atoms with Crippen LogP contribution >= 0.6 is 11.7 Å². The van der Waals surface area contributed by atoms with Crippen molar-refractivity contribution in [3.05, 3.63) is 34.7 Å². The highest BCUT2D eigenvalue weighted by Gasteiger charge is 2.33. The molecule has 6 nitrogen and oxygen atoms in total. The fraction of sp³-hybridized carbons (Fsp3) is 0.417. The first-order valence-electron chi connectivity index (χ1n) is 6.26. The fourth-order valence-corrected chi connectivity index (χ4v) is 2.24. The van der Waals surface area contributed by atoms with Crippen LogP contribution in [0, 0.1) is 13.8 Å². The Kier molecular flexibility index (Phi) is 4.69. The Balaban J connectivity index is 1.99. The van der Waals surface area contributed by atoms with E-state index in [1.165, 1.54) is 6.92 Å². The van der Waals surface area contributed by atoms with E-state index in [-0.39, 0.29) is 30.2 Å². The van der Waals surface area contributed by atoms with Crippen molar-refractivity contribution < 1.29 is 18.0 Å². The minimum Gasteiger partial charge on any atom is -0.350 e. The van der Waals surface area contributed by atoms with Gasteiger partial charge in [-0.1, -0.05) is 0 Å². The minimum absolute atomic E-state index is 0.0285. The van der Waals surface area contributed by atoms with Gasteiger partial charge in [-0.15, -0.1) is 0 Å². The predicted octanol–water partition coefficient (Wildman–Crippen LogP) is 1.94. The predicted molar refractivity (Wildman–Crippen MR) is 72.5 cm³/mol. The summed E-state index contributed by atoms with van der Waals surface area (Å²) in [6.07, 6.45) is -4.43. The normalized spacial score (nSPS) is 11.5. The average Bonchev–Trinajstić information content (AvgIpc) is 2.83.